The Bertz CT molecular complexity index is 1300. The normalized spacial score (nSPS) is 23.1. The number of nitrogens with zero attached hydrogens (tertiary/aromatic N) is 1. The zero-order valence-electron chi connectivity index (χ0n) is 19.8. The second kappa shape index (κ2) is 9.77. The summed E-state index contributed by atoms with van der Waals surface area (Å²) in [4.78, 5) is 14.4. The molecule has 37 heavy (non-hydrogen) atoms. The molecule has 2 aliphatic heterocycles. The number of hydrogen-bond donors (Lipinski definition) is 4. The van der Waals surface area contributed by atoms with E-state index >= 15 is 0 Å². The highest BCUT2D eigenvalue weighted by Gasteiger charge is 2.52. The molecule has 10 heteroatoms. The van der Waals surface area contributed by atoms with Gasteiger partial charge in [-0.25, -0.2) is 22.4 Å². The molecule has 2 saturated heterocycles. The van der Waals surface area contributed by atoms with Gasteiger partial charge in [-0.05, 0) is 23.3 Å². The molecule has 0 spiro atoms. The molecule has 3 aromatic rings. The fourth-order valence-electron chi connectivity index (χ4n) is 5.44. The van der Waals surface area contributed by atoms with Crippen LogP contribution < -0.4 is 16.4 Å². The minimum absolute atomic E-state index is 0.00497. The van der Waals surface area contributed by atoms with E-state index in [1.807, 2.05) is 0 Å². The number of nitrogens with one attached hydrogen (secondary N) is 2. The van der Waals surface area contributed by atoms with Crippen molar-refractivity contribution < 1.29 is 27.5 Å². The van der Waals surface area contributed by atoms with Crippen molar-refractivity contribution in [1.82, 2.24) is 10.2 Å². The summed E-state index contributed by atoms with van der Waals surface area (Å²) < 4.78 is 55.9. The molecule has 2 fully saturated rings. The number of nitrogens with two attached hydrogens (primary N) is 1. The lowest BCUT2D eigenvalue weighted by atomic mass is 9.67. The van der Waals surface area contributed by atoms with E-state index in [2.05, 4.69) is 10.6 Å². The molecule has 2 amide bonds. The summed E-state index contributed by atoms with van der Waals surface area (Å²) in [6.07, 6.45) is 0. The number of benzene rings is 3. The molecule has 2 heterocycles. The van der Waals surface area contributed by atoms with E-state index in [-0.39, 0.29) is 48.3 Å². The van der Waals surface area contributed by atoms with Crippen molar-refractivity contribution in [2.75, 3.05) is 31.5 Å². The van der Waals surface area contributed by atoms with E-state index in [1.165, 1.54) is 17.0 Å². The van der Waals surface area contributed by atoms with E-state index in [0.29, 0.717) is 24.2 Å². The first-order valence-electron chi connectivity index (χ1n) is 11.9. The lowest BCUT2D eigenvalue weighted by Crippen LogP contribution is -2.65. The number of carbonyl (C=O) groups is 1. The molecule has 0 radical (unpaired) electrons. The number of rotatable bonds is 4. The van der Waals surface area contributed by atoms with E-state index in [4.69, 9.17) is 5.73 Å². The topological polar surface area (TPSA) is 90.6 Å². The minimum atomic E-state index is -1.27. The van der Waals surface area contributed by atoms with Crippen LogP contribution in [0.4, 0.5) is 28.0 Å². The van der Waals surface area contributed by atoms with Gasteiger partial charge in [-0.1, -0.05) is 36.4 Å². The molecule has 2 aliphatic rings. The summed E-state index contributed by atoms with van der Waals surface area (Å²) in [6, 6.07) is 11.8. The van der Waals surface area contributed by atoms with E-state index in [0.717, 1.165) is 18.2 Å². The summed E-state index contributed by atoms with van der Waals surface area (Å²) in [7, 11) is 0. The number of halogens is 4. The van der Waals surface area contributed by atoms with Crippen molar-refractivity contribution in [2.24, 2.45) is 17.6 Å². The molecule has 0 aliphatic carbocycles. The molecule has 0 saturated carbocycles. The molecule has 194 valence electrons. The van der Waals surface area contributed by atoms with Gasteiger partial charge in [0.1, 0.15) is 17.2 Å². The standard InChI is InChI=1S/C27H26F4N4O2/c28-20-7-21(29)9-22(8-20)34-26(36)35-13-18-11-33-12-19(14-35)27(18,37)17-4-1-15(2-5-17)23-6-3-16(10-32)24(30)25(23)31/h1-9,18-19,33,37H,10-14,32H2,(H,34,36)/t18-,19+,27?. The van der Waals surface area contributed by atoms with Crippen LogP contribution in [0, 0.1) is 35.1 Å². The number of hydrogen-bond acceptors (Lipinski definition) is 4. The van der Waals surface area contributed by atoms with Crippen LogP contribution >= 0.6 is 0 Å². The summed E-state index contributed by atoms with van der Waals surface area (Å²) in [5.41, 5.74) is 5.44. The fourth-order valence-corrected chi connectivity index (χ4v) is 5.44. The number of urea groups is 1. The highest BCUT2D eigenvalue weighted by Crippen LogP contribution is 2.44. The number of amides is 2. The smallest absolute Gasteiger partial charge is 0.321 e. The van der Waals surface area contributed by atoms with E-state index < -0.39 is 34.9 Å². The highest BCUT2D eigenvalue weighted by molar-refractivity contribution is 5.89. The van der Waals surface area contributed by atoms with Crippen LogP contribution in [0.2, 0.25) is 0 Å². The van der Waals surface area contributed by atoms with Gasteiger partial charge in [-0.15, -0.1) is 0 Å². The Morgan fingerprint density at radius 3 is 2.19 bits per heavy atom. The van der Waals surface area contributed by atoms with Gasteiger partial charge >= 0.3 is 6.03 Å². The number of piperidine rings is 2. The third-order valence-electron chi connectivity index (χ3n) is 7.35. The van der Waals surface area contributed by atoms with Gasteiger partial charge in [-0.3, -0.25) is 0 Å². The Morgan fingerprint density at radius 1 is 0.973 bits per heavy atom. The first-order chi connectivity index (χ1) is 17.7. The van der Waals surface area contributed by atoms with Gasteiger partial charge in [0, 0.05) is 67.4 Å². The van der Waals surface area contributed by atoms with Crippen molar-refractivity contribution >= 4 is 11.7 Å². The Balaban J connectivity index is 1.36. The maximum atomic E-state index is 14.6. The van der Waals surface area contributed by atoms with Crippen LogP contribution in [-0.2, 0) is 12.1 Å². The number of carbonyl (C=O) groups excluding carboxylic acids is 1. The predicted octanol–water partition coefficient (Wildman–Crippen LogP) is 3.94. The molecule has 3 atom stereocenters. The monoisotopic (exact) mass is 514 g/mol. The lowest BCUT2D eigenvalue weighted by molar-refractivity contribution is -0.129. The fraction of sp³-hybridized carbons (Fsp3) is 0.296. The number of anilines is 1. The molecule has 0 aromatic heterocycles. The van der Waals surface area contributed by atoms with Crippen LogP contribution in [-0.4, -0.2) is 42.2 Å². The Kier molecular flexibility index (Phi) is 6.65. The molecular weight excluding hydrogens is 488 g/mol. The van der Waals surface area contributed by atoms with Gasteiger partial charge in [0.2, 0.25) is 0 Å². The summed E-state index contributed by atoms with van der Waals surface area (Å²) in [5, 5.41) is 17.7. The van der Waals surface area contributed by atoms with Crippen LogP contribution in [0.25, 0.3) is 11.1 Å². The van der Waals surface area contributed by atoms with Gasteiger partial charge in [-0.2, -0.15) is 0 Å². The van der Waals surface area contributed by atoms with Crippen molar-refractivity contribution in [3.05, 3.63) is 89.0 Å². The highest BCUT2D eigenvalue weighted by atomic mass is 19.2. The zero-order valence-corrected chi connectivity index (χ0v) is 19.8. The minimum Gasteiger partial charge on any atom is -0.384 e. The summed E-state index contributed by atoms with van der Waals surface area (Å²) in [6.45, 7) is 1.17. The van der Waals surface area contributed by atoms with Crippen LogP contribution in [0.15, 0.2) is 54.6 Å². The molecule has 2 bridgehead atoms. The summed E-state index contributed by atoms with van der Waals surface area (Å²) >= 11 is 0. The van der Waals surface area contributed by atoms with Crippen LogP contribution in [0.1, 0.15) is 11.1 Å². The second-order valence-electron chi connectivity index (χ2n) is 9.55. The van der Waals surface area contributed by atoms with Crippen molar-refractivity contribution in [2.45, 2.75) is 12.1 Å². The maximum Gasteiger partial charge on any atom is 0.321 e. The van der Waals surface area contributed by atoms with E-state index in [9.17, 15) is 27.5 Å². The Morgan fingerprint density at radius 2 is 1.59 bits per heavy atom. The number of aliphatic hydroxyl groups is 1. The molecule has 5 rings (SSSR count). The Hall–Kier alpha value is -3.47. The van der Waals surface area contributed by atoms with Crippen LogP contribution in [0.5, 0.6) is 0 Å². The lowest BCUT2D eigenvalue weighted by Gasteiger charge is -2.53. The van der Waals surface area contributed by atoms with Gasteiger partial charge in [0.25, 0.3) is 0 Å². The van der Waals surface area contributed by atoms with Crippen LogP contribution in [0.3, 0.4) is 0 Å². The molecule has 6 nitrogen and oxygen atoms in total. The molecule has 1 unspecified atom stereocenters. The molecule has 3 aromatic carbocycles. The maximum absolute atomic E-state index is 14.6. The third kappa shape index (κ3) is 4.56. The first kappa shape index (κ1) is 25.2. The van der Waals surface area contributed by atoms with Gasteiger partial charge in [0.05, 0.1) is 0 Å². The largest absolute Gasteiger partial charge is 0.384 e. The molecule has 5 N–H and O–H groups in total. The molecular formula is C27H26F4N4O2. The van der Waals surface area contributed by atoms with Gasteiger partial charge in [0.15, 0.2) is 11.6 Å². The number of likely N-dealkylation sites (tertiary alicyclic amines) is 1. The SMILES string of the molecule is NCc1ccc(-c2ccc(C3(O)[C@@H]4CNC[C@H]3CN(C(=O)Nc3cc(F)cc(F)c3)C4)cc2)c(F)c1F. The average molecular weight is 515 g/mol. The van der Waals surface area contributed by atoms with Crippen molar-refractivity contribution in [3.8, 4) is 11.1 Å². The van der Waals surface area contributed by atoms with Gasteiger partial charge < -0.3 is 26.4 Å². The Labute approximate surface area is 211 Å². The third-order valence-corrected chi connectivity index (χ3v) is 7.35. The average Bonchev–Trinajstić information content (AvgIpc) is 2.85. The zero-order chi connectivity index (χ0) is 26.3. The van der Waals surface area contributed by atoms with E-state index in [1.54, 1.807) is 24.3 Å². The summed E-state index contributed by atoms with van der Waals surface area (Å²) in [5.74, 6) is -4.31. The predicted molar refractivity (Wildman–Crippen MR) is 130 cm³/mol. The quantitative estimate of drug-likeness (QED) is 0.397. The number of fused-ring (bicyclic) bond motifs is 2. The second-order valence-corrected chi connectivity index (χ2v) is 9.55. The first-order valence-corrected chi connectivity index (χ1v) is 11.9. The van der Waals surface area contributed by atoms with Crippen molar-refractivity contribution in [1.29, 1.82) is 0 Å². The van der Waals surface area contributed by atoms with Crippen molar-refractivity contribution in [3.63, 3.8) is 0 Å².